The molecule has 1 aliphatic rings. The molecule has 164 valence electrons. The molecule has 1 fully saturated rings. The number of rotatable bonds is 7. The van der Waals surface area contributed by atoms with Crippen molar-refractivity contribution in [3.8, 4) is 5.75 Å². The smallest absolute Gasteiger partial charge is 0.266 e. The Morgan fingerprint density at radius 1 is 1.28 bits per heavy atom. The van der Waals surface area contributed by atoms with Crippen molar-refractivity contribution in [2.75, 3.05) is 19.0 Å². The molecule has 0 aliphatic carbocycles. The maximum Gasteiger partial charge on any atom is 0.266 e. The van der Waals surface area contributed by atoms with Crippen LogP contribution >= 0.6 is 35.3 Å². The number of nitrogens with one attached hydrogen (secondary N) is 1. The molecule has 2 aromatic carbocycles. The number of thiocarbonyl (C=S) groups is 1. The number of fused-ring (bicyclic) bond motifs is 1. The van der Waals surface area contributed by atoms with E-state index >= 15 is 0 Å². The Labute approximate surface area is 197 Å². The number of ether oxygens (including phenoxy) is 1. The molecular formula is C22H18FN3O3S3. The summed E-state index contributed by atoms with van der Waals surface area (Å²) < 4.78 is 19.6. The van der Waals surface area contributed by atoms with Crippen LogP contribution in [0, 0.1) is 5.82 Å². The second-order valence-corrected chi connectivity index (χ2v) is 9.60. The number of nitrogens with zero attached hydrogens (tertiary/aromatic N) is 2. The van der Waals surface area contributed by atoms with Crippen LogP contribution in [0.1, 0.15) is 18.4 Å². The number of thioether (sulfide) groups is 1. The highest BCUT2D eigenvalue weighted by Crippen LogP contribution is 2.33. The molecule has 1 N–H and O–H groups in total. The second kappa shape index (κ2) is 9.76. The summed E-state index contributed by atoms with van der Waals surface area (Å²) in [5.41, 5.74) is 1.51. The number of benzene rings is 2. The molecule has 1 aromatic heterocycles. The Kier molecular flexibility index (Phi) is 6.83. The zero-order chi connectivity index (χ0) is 22.7. The highest BCUT2D eigenvalue weighted by molar-refractivity contribution is 8.26. The Morgan fingerprint density at radius 3 is 2.81 bits per heavy atom. The van der Waals surface area contributed by atoms with Crippen molar-refractivity contribution < 1.29 is 18.7 Å². The van der Waals surface area contributed by atoms with Crippen LogP contribution in [0.25, 0.3) is 16.3 Å². The Hall–Kier alpha value is -2.82. The summed E-state index contributed by atoms with van der Waals surface area (Å²) in [6.07, 6.45) is 2.45. The SMILES string of the molecule is COc1ccc(/C=C2\SC(=S)N(CCCC(=O)Nc3nc4ccc(F)cc4s3)C2=O)cc1. The number of hydrogen-bond donors (Lipinski definition) is 1. The van der Waals surface area contributed by atoms with Crippen LogP contribution in [0.2, 0.25) is 0 Å². The monoisotopic (exact) mass is 487 g/mol. The first-order valence-corrected chi connectivity index (χ1v) is 11.7. The van der Waals surface area contributed by atoms with Gasteiger partial charge in [-0.05, 0) is 48.4 Å². The number of hydrogen-bond acceptors (Lipinski definition) is 7. The lowest BCUT2D eigenvalue weighted by Crippen LogP contribution is -2.29. The minimum Gasteiger partial charge on any atom is -0.497 e. The van der Waals surface area contributed by atoms with Gasteiger partial charge in [-0.3, -0.25) is 14.5 Å². The fraction of sp³-hybridized carbons (Fsp3) is 0.182. The van der Waals surface area contributed by atoms with E-state index < -0.39 is 0 Å². The van der Waals surface area contributed by atoms with Gasteiger partial charge in [0.2, 0.25) is 5.91 Å². The summed E-state index contributed by atoms with van der Waals surface area (Å²) in [6, 6.07) is 11.7. The number of thiazole rings is 1. The summed E-state index contributed by atoms with van der Waals surface area (Å²) in [4.78, 5) is 31.3. The summed E-state index contributed by atoms with van der Waals surface area (Å²) in [7, 11) is 1.60. The predicted octanol–water partition coefficient (Wildman–Crippen LogP) is 5.06. The molecule has 3 aromatic rings. The molecule has 0 spiro atoms. The highest BCUT2D eigenvalue weighted by Gasteiger charge is 2.31. The number of carbonyl (C=O) groups excluding carboxylic acids is 2. The molecule has 0 atom stereocenters. The summed E-state index contributed by atoms with van der Waals surface area (Å²) >= 11 is 7.81. The van der Waals surface area contributed by atoms with E-state index in [1.165, 1.54) is 40.1 Å². The summed E-state index contributed by atoms with van der Waals surface area (Å²) in [5.74, 6) is 0.0164. The minimum absolute atomic E-state index is 0.163. The van der Waals surface area contributed by atoms with Gasteiger partial charge in [0.1, 0.15) is 15.9 Å². The van der Waals surface area contributed by atoms with E-state index in [1.54, 1.807) is 19.3 Å². The molecule has 0 unspecified atom stereocenters. The van der Waals surface area contributed by atoms with E-state index in [0.29, 0.717) is 37.5 Å². The van der Waals surface area contributed by atoms with Crippen molar-refractivity contribution in [3.05, 3.63) is 58.8 Å². The van der Waals surface area contributed by atoms with E-state index in [4.69, 9.17) is 17.0 Å². The fourth-order valence-electron chi connectivity index (χ4n) is 3.08. The average Bonchev–Trinajstić information content (AvgIpc) is 3.28. The van der Waals surface area contributed by atoms with Crippen LogP contribution in [0.4, 0.5) is 9.52 Å². The van der Waals surface area contributed by atoms with Gasteiger partial charge < -0.3 is 10.1 Å². The number of halogens is 1. The molecule has 32 heavy (non-hydrogen) atoms. The van der Waals surface area contributed by atoms with Gasteiger partial charge in [-0.15, -0.1) is 0 Å². The van der Waals surface area contributed by atoms with Crippen molar-refractivity contribution in [1.82, 2.24) is 9.88 Å². The van der Waals surface area contributed by atoms with Crippen LogP contribution in [0.5, 0.6) is 5.75 Å². The molecule has 0 bridgehead atoms. The predicted molar refractivity (Wildman–Crippen MR) is 130 cm³/mol. The number of methoxy groups -OCH3 is 1. The van der Waals surface area contributed by atoms with E-state index in [9.17, 15) is 14.0 Å². The van der Waals surface area contributed by atoms with Crippen LogP contribution in [0.15, 0.2) is 47.4 Å². The first kappa shape index (κ1) is 22.4. The Morgan fingerprint density at radius 2 is 2.06 bits per heavy atom. The minimum atomic E-state index is -0.344. The van der Waals surface area contributed by atoms with Gasteiger partial charge in [-0.25, -0.2) is 9.37 Å². The number of carbonyl (C=O) groups is 2. The molecule has 10 heteroatoms. The third kappa shape index (κ3) is 5.14. The van der Waals surface area contributed by atoms with Gasteiger partial charge in [0, 0.05) is 13.0 Å². The molecular weight excluding hydrogens is 469 g/mol. The van der Waals surface area contributed by atoms with E-state index in [-0.39, 0.29) is 24.1 Å². The standard InChI is InChI=1S/C22H18FN3O3S3/c1-29-15-7-4-13(5-8-15)11-18-20(28)26(22(30)32-18)10-2-3-19(27)25-21-24-16-9-6-14(23)12-17(16)31-21/h4-9,11-12H,2-3,10H2,1H3,(H,24,25,27)/b18-11-. The van der Waals surface area contributed by atoms with Crippen LogP contribution in [-0.4, -0.2) is 39.7 Å². The largest absolute Gasteiger partial charge is 0.497 e. The van der Waals surface area contributed by atoms with Gasteiger partial charge in [0.25, 0.3) is 5.91 Å². The number of anilines is 1. The summed E-state index contributed by atoms with van der Waals surface area (Å²) in [6.45, 7) is 0.350. The van der Waals surface area contributed by atoms with Gasteiger partial charge in [-0.1, -0.05) is 47.4 Å². The molecule has 2 amide bonds. The van der Waals surface area contributed by atoms with Crippen LogP contribution < -0.4 is 10.1 Å². The average molecular weight is 488 g/mol. The van der Waals surface area contributed by atoms with E-state index in [2.05, 4.69) is 10.3 Å². The van der Waals surface area contributed by atoms with Crippen molar-refractivity contribution >= 4 is 72.9 Å². The normalized spacial score (nSPS) is 15.1. The number of aromatic nitrogens is 1. The lowest BCUT2D eigenvalue weighted by Gasteiger charge is -2.13. The van der Waals surface area contributed by atoms with Crippen molar-refractivity contribution in [2.45, 2.75) is 12.8 Å². The first-order chi connectivity index (χ1) is 15.4. The zero-order valence-electron chi connectivity index (χ0n) is 17.0. The topological polar surface area (TPSA) is 71.5 Å². The van der Waals surface area contributed by atoms with Crippen molar-refractivity contribution in [3.63, 3.8) is 0 Å². The maximum absolute atomic E-state index is 13.3. The summed E-state index contributed by atoms with van der Waals surface area (Å²) in [5, 5.41) is 3.15. The van der Waals surface area contributed by atoms with Gasteiger partial charge in [-0.2, -0.15) is 0 Å². The highest BCUT2D eigenvalue weighted by atomic mass is 32.2. The molecule has 0 saturated carbocycles. The van der Waals surface area contributed by atoms with E-state index in [1.807, 2.05) is 24.3 Å². The molecule has 1 aliphatic heterocycles. The third-order valence-electron chi connectivity index (χ3n) is 4.67. The van der Waals surface area contributed by atoms with Gasteiger partial charge in [0.15, 0.2) is 5.13 Å². The second-order valence-electron chi connectivity index (χ2n) is 6.89. The Balaban J connectivity index is 1.30. The molecule has 0 radical (unpaired) electrons. The molecule has 2 heterocycles. The Bertz CT molecular complexity index is 1220. The number of amides is 2. The maximum atomic E-state index is 13.3. The zero-order valence-corrected chi connectivity index (χ0v) is 19.4. The van der Waals surface area contributed by atoms with Crippen LogP contribution in [0.3, 0.4) is 0 Å². The van der Waals surface area contributed by atoms with Crippen LogP contribution in [-0.2, 0) is 9.59 Å². The lowest BCUT2D eigenvalue weighted by atomic mass is 10.2. The molecule has 1 saturated heterocycles. The first-order valence-electron chi connectivity index (χ1n) is 9.68. The lowest BCUT2D eigenvalue weighted by molar-refractivity contribution is -0.122. The third-order valence-corrected chi connectivity index (χ3v) is 6.98. The molecule has 4 rings (SSSR count). The van der Waals surface area contributed by atoms with Gasteiger partial charge in [0.05, 0.1) is 22.2 Å². The van der Waals surface area contributed by atoms with E-state index in [0.717, 1.165) is 11.3 Å². The van der Waals surface area contributed by atoms with Crippen molar-refractivity contribution in [2.24, 2.45) is 0 Å². The molecule has 6 nitrogen and oxygen atoms in total. The van der Waals surface area contributed by atoms with Gasteiger partial charge >= 0.3 is 0 Å². The van der Waals surface area contributed by atoms with Crippen molar-refractivity contribution in [1.29, 1.82) is 0 Å². The quantitative estimate of drug-likeness (QED) is 0.371. The fourth-order valence-corrected chi connectivity index (χ4v) is 5.29.